The summed E-state index contributed by atoms with van der Waals surface area (Å²) in [5, 5.41) is 0. The number of nitrogens with zero attached hydrogens (tertiary/aromatic N) is 1. The highest BCUT2D eigenvalue weighted by Crippen LogP contribution is 2.09. The van der Waals surface area contributed by atoms with Gasteiger partial charge in [0.2, 0.25) is 5.91 Å². The van der Waals surface area contributed by atoms with E-state index in [1.165, 1.54) is 0 Å². The van der Waals surface area contributed by atoms with E-state index in [2.05, 4.69) is 34.6 Å². The third-order valence-electron chi connectivity index (χ3n) is 3.18. The molecule has 0 spiro atoms. The molecule has 2 N–H and O–H groups in total. The molecule has 1 atom stereocenters. The average Bonchev–Trinajstić information content (AvgIpc) is 2.28. The van der Waals surface area contributed by atoms with Gasteiger partial charge in [-0.3, -0.25) is 4.79 Å². The van der Waals surface area contributed by atoms with Crippen LogP contribution in [0.2, 0.25) is 0 Å². The Morgan fingerprint density at radius 3 is 1.78 bits per heavy atom. The molecule has 3 heteroatoms. The molecule has 0 heterocycles. The second-order valence-corrected chi connectivity index (χ2v) is 6.09. The highest BCUT2D eigenvalue weighted by molar-refractivity contribution is 5.81. The molecule has 108 valence electrons. The van der Waals surface area contributed by atoms with E-state index >= 15 is 0 Å². The van der Waals surface area contributed by atoms with Crippen LogP contribution in [0.1, 0.15) is 60.3 Å². The van der Waals surface area contributed by atoms with E-state index < -0.39 is 0 Å². The van der Waals surface area contributed by atoms with Crippen LogP contribution >= 0.6 is 0 Å². The normalized spacial score (nSPS) is 13.1. The lowest BCUT2D eigenvalue weighted by Crippen LogP contribution is -2.45. The summed E-state index contributed by atoms with van der Waals surface area (Å²) in [6.45, 7) is 12.5. The van der Waals surface area contributed by atoms with Crippen molar-refractivity contribution in [3.63, 3.8) is 0 Å². The molecule has 0 saturated heterocycles. The lowest BCUT2D eigenvalue weighted by molar-refractivity contribution is -0.133. The minimum atomic E-state index is -0.311. The quantitative estimate of drug-likeness (QED) is 0.689. The lowest BCUT2D eigenvalue weighted by atomic mass is 10.1. The molecule has 1 unspecified atom stereocenters. The molecule has 0 fully saturated rings. The van der Waals surface area contributed by atoms with Crippen molar-refractivity contribution in [1.29, 1.82) is 0 Å². The topological polar surface area (TPSA) is 46.3 Å². The highest BCUT2D eigenvalue weighted by Gasteiger charge is 2.20. The van der Waals surface area contributed by atoms with E-state index in [1.807, 2.05) is 4.90 Å². The smallest absolute Gasteiger partial charge is 0.239 e. The summed E-state index contributed by atoms with van der Waals surface area (Å²) in [6.07, 6.45) is 3.87. The molecule has 0 aliphatic rings. The summed E-state index contributed by atoms with van der Waals surface area (Å²) in [7, 11) is 0. The summed E-state index contributed by atoms with van der Waals surface area (Å²) in [5.74, 6) is 1.39. The van der Waals surface area contributed by atoms with Gasteiger partial charge in [-0.15, -0.1) is 0 Å². The van der Waals surface area contributed by atoms with Crippen LogP contribution < -0.4 is 5.73 Å². The molecule has 18 heavy (non-hydrogen) atoms. The highest BCUT2D eigenvalue weighted by atomic mass is 16.2. The number of nitrogens with two attached hydrogens (primary N) is 1. The van der Waals surface area contributed by atoms with Crippen molar-refractivity contribution in [2.24, 2.45) is 17.6 Å². The van der Waals surface area contributed by atoms with E-state index in [4.69, 9.17) is 5.73 Å². The average molecular weight is 256 g/mol. The largest absolute Gasteiger partial charge is 0.341 e. The van der Waals surface area contributed by atoms with Crippen LogP contribution in [-0.4, -0.2) is 29.9 Å². The molecular weight excluding hydrogens is 224 g/mol. The van der Waals surface area contributed by atoms with Crippen LogP contribution in [0, 0.1) is 11.8 Å². The molecule has 0 radical (unpaired) electrons. The van der Waals surface area contributed by atoms with E-state index in [0.29, 0.717) is 11.8 Å². The number of amides is 1. The van der Waals surface area contributed by atoms with Gasteiger partial charge in [-0.2, -0.15) is 0 Å². The van der Waals surface area contributed by atoms with Crippen molar-refractivity contribution in [2.75, 3.05) is 13.1 Å². The first kappa shape index (κ1) is 17.4. The minimum Gasteiger partial charge on any atom is -0.341 e. The Kier molecular flexibility index (Phi) is 9.08. The SMILES string of the molecule is CCCC(N)C(=O)N(CCC(C)C)CCC(C)C. The Morgan fingerprint density at radius 2 is 1.44 bits per heavy atom. The second-order valence-electron chi connectivity index (χ2n) is 6.09. The predicted octanol–water partition coefficient (Wildman–Crippen LogP) is 3.03. The number of hydrogen-bond acceptors (Lipinski definition) is 2. The van der Waals surface area contributed by atoms with Gasteiger partial charge in [0.25, 0.3) is 0 Å². The van der Waals surface area contributed by atoms with E-state index in [1.54, 1.807) is 0 Å². The Hall–Kier alpha value is -0.570. The standard InChI is InChI=1S/C15H32N2O/c1-6-7-14(16)15(18)17(10-8-12(2)3)11-9-13(4)5/h12-14H,6-11,16H2,1-5H3. The van der Waals surface area contributed by atoms with E-state index in [0.717, 1.165) is 38.8 Å². The van der Waals surface area contributed by atoms with Gasteiger partial charge in [-0.05, 0) is 31.1 Å². The fourth-order valence-corrected chi connectivity index (χ4v) is 1.83. The summed E-state index contributed by atoms with van der Waals surface area (Å²) in [6, 6.07) is -0.311. The molecule has 1 amide bonds. The molecule has 0 aliphatic heterocycles. The monoisotopic (exact) mass is 256 g/mol. The maximum absolute atomic E-state index is 12.3. The van der Waals surface area contributed by atoms with Gasteiger partial charge in [-0.25, -0.2) is 0 Å². The van der Waals surface area contributed by atoms with Crippen LogP contribution in [0.5, 0.6) is 0 Å². The maximum atomic E-state index is 12.3. The first-order chi connectivity index (χ1) is 8.38. The Bertz CT molecular complexity index is 215. The minimum absolute atomic E-state index is 0.137. The molecule has 0 aromatic heterocycles. The van der Waals surface area contributed by atoms with Crippen LogP contribution in [0.25, 0.3) is 0 Å². The number of carbonyl (C=O) groups is 1. The molecule has 0 aliphatic carbocycles. The van der Waals surface area contributed by atoms with Crippen molar-refractivity contribution < 1.29 is 4.79 Å². The number of hydrogen-bond donors (Lipinski definition) is 1. The predicted molar refractivity (Wildman–Crippen MR) is 78.4 cm³/mol. The molecule has 0 bridgehead atoms. The zero-order valence-corrected chi connectivity index (χ0v) is 12.9. The van der Waals surface area contributed by atoms with Crippen molar-refractivity contribution in [1.82, 2.24) is 4.90 Å². The van der Waals surface area contributed by atoms with Gasteiger partial charge in [0.15, 0.2) is 0 Å². The lowest BCUT2D eigenvalue weighted by Gasteiger charge is -2.27. The third-order valence-corrected chi connectivity index (χ3v) is 3.18. The summed E-state index contributed by atoms with van der Waals surface area (Å²) in [5.41, 5.74) is 5.95. The second kappa shape index (κ2) is 9.37. The van der Waals surface area contributed by atoms with Crippen molar-refractivity contribution >= 4 is 5.91 Å². The van der Waals surface area contributed by atoms with Gasteiger partial charge < -0.3 is 10.6 Å². The number of carbonyl (C=O) groups excluding carboxylic acids is 1. The van der Waals surface area contributed by atoms with Gasteiger partial charge in [0.1, 0.15) is 0 Å². The van der Waals surface area contributed by atoms with Crippen molar-refractivity contribution in [2.45, 2.75) is 66.3 Å². The van der Waals surface area contributed by atoms with Gasteiger partial charge in [-0.1, -0.05) is 41.0 Å². The molecule has 0 aromatic rings. The molecule has 0 rings (SSSR count). The Balaban J connectivity index is 4.37. The van der Waals surface area contributed by atoms with Crippen molar-refractivity contribution in [3.05, 3.63) is 0 Å². The molecule has 3 nitrogen and oxygen atoms in total. The fourth-order valence-electron chi connectivity index (χ4n) is 1.83. The van der Waals surface area contributed by atoms with Crippen LogP contribution in [0.15, 0.2) is 0 Å². The summed E-state index contributed by atoms with van der Waals surface area (Å²) < 4.78 is 0. The van der Waals surface area contributed by atoms with Gasteiger partial charge in [0.05, 0.1) is 6.04 Å². The van der Waals surface area contributed by atoms with Crippen LogP contribution in [0.4, 0.5) is 0 Å². The molecule has 0 saturated carbocycles. The molecule has 0 aromatic carbocycles. The van der Waals surface area contributed by atoms with Crippen molar-refractivity contribution in [3.8, 4) is 0 Å². The van der Waals surface area contributed by atoms with Gasteiger partial charge in [0, 0.05) is 13.1 Å². The Labute approximate surface area is 113 Å². The number of rotatable bonds is 9. The maximum Gasteiger partial charge on any atom is 0.239 e. The van der Waals surface area contributed by atoms with Gasteiger partial charge >= 0.3 is 0 Å². The van der Waals surface area contributed by atoms with Crippen LogP contribution in [-0.2, 0) is 4.79 Å². The first-order valence-electron chi connectivity index (χ1n) is 7.42. The zero-order chi connectivity index (χ0) is 14.1. The van der Waals surface area contributed by atoms with Crippen LogP contribution in [0.3, 0.4) is 0 Å². The van der Waals surface area contributed by atoms with E-state index in [9.17, 15) is 4.79 Å². The fraction of sp³-hybridized carbons (Fsp3) is 0.933. The third kappa shape index (κ3) is 7.70. The summed E-state index contributed by atoms with van der Waals surface area (Å²) in [4.78, 5) is 14.2. The Morgan fingerprint density at radius 1 is 1.00 bits per heavy atom. The molecular formula is C15H32N2O. The zero-order valence-electron chi connectivity index (χ0n) is 12.9. The first-order valence-corrected chi connectivity index (χ1v) is 7.42. The summed E-state index contributed by atoms with van der Waals surface area (Å²) >= 11 is 0. The van der Waals surface area contributed by atoms with E-state index in [-0.39, 0.29) is 11.9 Å².